The van der Waals surface area contributed by atoms with E-state index < -0.39 is 11.7 Å². The molecule has 3 aromatic rings. The van der Waals surface area contributed by atoms with E-state index in [-0.39, 0.29) is 23.8 Å². The fourth-order valence-electron chi connectivity index (χ4n) is 8.34. The molecular formula is C36H50N8O5. The number of hydrogen-bond acceptors (Lipinski definition) is 11. The summed E-state index contributed by atoms with van der Waals surface area (Å²) in [5.41, 5.74) is 4.16. The molecule has 0 bridgehead atoms. The van der Waals surface area contributed by atoms with Crippen molar-refractivity contribution in [3.8, 4) is 0 Å². The Morgan fingerprint density at radius 1 is 1.04 bits per heavy atom. The van der Waals surface area contributed by atoms with Crippen molar-refractivity contribution < 1.29 is 23.7 Å². The molecule has 0 aliphatic carbocycles. The average Bonchev–Trinajstić information content (AvgIpc) is 3.84. The number of ether oxygens (including phenoxy) is 4. The van der Waals surface area contributed by atoms with Crippen LogP contribution in [0, 0.1) is 5.41 Å². The third-order valence-corrected chi connectivity index (χ3v) is 11.0. The summed E-state index contributed by atoms with van der Waals surface area (Å²) in [6.45, 7) is 13.0. The lowest BCUT2D eigenvalue weighted by molar-refractivity contribution is -0.0368. The maximum atomic E-state index is 12.8. The molecule has 0 aromatic carbocycles. The molecule has 49 heavy (non-hydrogen) atoms. The molecule has 4 atom stereocenters. The first-order chi connectivity index (χ1) is 23.7. The predicted molar refractivity (Wildman–Crippen MR) is 184 cm³/mol. The molecule has 264 valence electrons. The number of rotatable bonds is 5. The van der Waals surface area contributed by atoms with Crippen molar-refractivity contribution in [2.45, 2.75) is 109 Å². The zero-order valence-corrected chi connectivity index (χ0v) is 29.3. The van der Waals surface area contributed by atoms with Crippen molar-refractivity contribution in [3.05, 3.63) is 29.7 Å². The standard InChI is InChI=1S/C36H50N8O5/c1-23-31(40-34(45)49-35(2,3)4)36(22-48-23)13-16-42(17-14-36)28-20-37-30-32(39-28)44(29-9-5-6-18-47-29)41-33(30)43-15-7-8-26-27(43)11-10-25(38-26)24-12-19-46-21-24/h10-11,20,23-24,29,31H,5-9,12-19,21-22H2,1-4H3,(H,40,45)/t23-,24?,29?,31+/m0/s1. The maximum Gasteiger partial charge on any atom is 0.407 e. The smallest absolute Gasteiger partial charge is 0.407 e. The highest BCUT2D eigenvalue weighted by atomic mass is 16.6. The molecule has 13 heteroatoms. The van der Waals surface area contributed by atoms with Gasteiger partial charge in [-0.3, -0.25) is 4.98 Å². The van der Waals surface area contributed by atoms with E-state index in [0.717, 1.165) is 124 Å². The molecule has 13 nitrogen and oxygen atoms in total. The van der Waals surface area contributed by atoms with Gasteiger partial charge in [0.25, 0.3) is 0 Å². The molecule has 1 amide bonds. The van der Waals surface area contributed by atoms with Gasteiger partial charge in [-0.2, -0.15) is 0 Å². The van der Waals surface area contributed by atoms with Gasteiger partial charge in [-0.25, -0.2) is 19.4 Å². The number of carbonyl (C=O) groups excluding carboxylic acids is 1. The van der Waals surface area contributed by atoms with Crippen molar-refractivity contribution in [2.75, 3.05) is 55.9 Å². The third kappa shape index (κ3) is 6.33. The summed E-state index contributed by atoms with van der Waals surface area (Å²) in [6, 6.07) is 4.26. The molecule has 1 spiro atoms. The molecule has 1 N–H and O–H groups in total. The van der Waals surface area contributed by atoms with Crippen LogP contribution in [-0.4, -0.2) is 94.6 Å². The Bertz CT molecular complexity index is 1670. The number of fused-ring (bicyclic) bond motifs is 2. The number of nitrogens with one attached hydrogen (secondary N) is 1. The fourth-order valence-corrected chi connectivity index (χ4v) is 8.34. The monoisotopic (exact) mass is 674 g/mol. The molecule has 2 unspecified atom stereocenters. The molecule has 8 heterocycles. The first-order valence-corrected chi connectivity index (χ1v) is 18.3. The number of carbonyl (C=O) groups is 1. The molecular weight excluding hydrogens is 624 g/mol. The van der Waals surface area contributed by atoms with E-state index in [2.05, 4.69) is 27.2 Å². The molecule has 8 rings (SSSR count). The second-order valence-corrected chi connectivity index (χ2v) is 15.5. The van der Waals surface area contributed by atoms with E-state index in [1.54, 1.807) is 0 Å². The van der Waals surface area contributed by atoms with Crippen LogP contribution in [0.2, 0.25) is 0 Å². The highest BCUT2D eigenvalue weighted by Gasteiger charge is 2.50. The summed E-state index contributed by atoms with van der Waals surface area (Å²) < 4.78 is 25.6. The van der Waals surface area contributed by atoms with Gasteiger partial charge in [0.2, 0.25) is 0 Å². The molecule has 0 saturated carbocycles. The first-order valence-electron chi connectivity index (χ1n) is 18.3. The molecule has 5 aliphatic heterocycles. The van der Waals surface area contributed by atoms with Gasteiger partial charge in [0.15, 0.2) is 23.2 Å². The number of anilines is 3. The van der Waals surface area contributed by atoms with Crippen molar-refractivity contribution >= 4 is 34.6 Å². The van der Waals surface area contributed by atoms with Crippen LogP contribution in [0.4, 0.5) is 22.1 Å². The van der Waals surface area contributed by atoms with Crippen LogP contribution < -0.4 is 15.1 Å². The lowest BCUT2D eigenvalue weighted by Crippen LogP contribution is -2.55. The minimum Gasteiger partial charge on any atom is -0.444 e. The minimum atomic E-state index is -0.557. The van der Waals surface area contributed by atoms with Crippen LogP contribution in [-0.2, 0) is 25.4 Å². The summed E-state index contributed by atoms with van der Waals surface area (Å²) in [7, 11) is 0. The van der Waals surface area contributed by atoms with E-state index in [1.165, 1.54) is 0 Å². The topological polar surface area (TPSA) is 129 Å². The summed E-state index contributed by atoms with van der Waals surface area (Å²) in [5.74, 6) is 2.02. The van der Waals surface area contributed by atoms with Gasteiger partial charge in [0.05, 0.1) is 42.9 Å². The van der Waals surface area contributed by atoms with Gasteiger partial charge in [-0.1, -0.05) is 0 Å². The van der Waals surface area contributed by atoms with Crippen LogP contribution in [0.25, 0.3) is 11.2 Å². The normalized spacial score (nSPS) is 27.1. The van der Waals surface area contributed by atoms with Gasteiger partial charge < -0.3 is 34.1 Å². The van der Waals surface area contributed by atoms with Crippen molar-refractivity contribution in [1.82, 2.24) is 30.0 Å². The Hall–Kier alpha value is -3.55. The second-order valence-electron chi connectivity index (χ2n) is 15.5. The lowest BCUT2D eigenvalue weighted by Gasteiger charge is -2.42. The van der Waals surface area contributed by atoms with E-state index in [0.29, 0.717) is 19.1 Å². The van der Waals surface area contributed by atoms with Gasteiger partial charge in [0, 0.05) is 49.9 Å². The Labute approximate surface area is 288 Å². The number of alkyl carbamates (subject to hydrolysis) is 1. The molecule has 3 aromatic heterocycles. The highest BCUT2D eigenvalue weighted by Crippen LogP contribution is 2.44. The van der Waals surface area contributed by atoms with Crippen molar-refractivity contribution in [3.63, 3.8) is 0 Å². The quantitative estimate of drug-likeness (QED) is 0.373. The minimum absolute atomic E-state index is 0.0862. The number of hydrogen-bond donors (Lipinski definition) is 1. The van der Waals surface area contributed by atoms with E-state index in [4.69, 9.17) is 39.0 Å². The van der Waals surface area contributed by atoms with Crippen molar-refractivity contribution in [1.29, 1.82) is 0 Å². The predicted octanol–water partition coefficient (Wildman–Crippen LogP) is 5.41. The summed E-state index contributed by atoms with van der Waals surface area (Å²) in [5, 5.41) is 8.36. The molecule has 4 fully saturated rings. The van der Waals surface area contributed by atoms with Gasteiger partial charge in [-0.05, 0) is 91.2 Å². The van der Waals surface area contributed by atoms with Crippen LogP contribution in [0.15, 0.2) is 18.3 Å². The Kier molecular flexibility index (Phi) is 8.64. The maximum absolute atomic E-state index is 12.8. The molecule has 4 saturated heterocycles. The number of nitrogens with zero attached hydrogens (tertiary/aromatic N) is 7. The van der Waals surface area contributed by atoms with Crippen LogP contribution >= 0.6 is 0 Å². The fraction of sp³-hybridized carbons (Fsp3) is 0.694. The second kappa shape index (κ2) is 13.0. The first kappa shape index (κ1) is 32.6. The van der Waals surface area contributed by atoms with Gasteiger partial charge in [-0.15, -0.1) is 5.10 Å². The summed E-state index contributed by atoms with van der Waals surface area (Å²) in [4.78, 5) is 32.8. The van der Waals surface area contributed by atoms with Crippen LogP contribution in [0.5, 0.6) is 0 Å². The number of aromatic nitrogens is 5. The van der Waals surface area contributed by atoms with E-state index in [9.17, 15) is 4.79 Å². The lowest BCUT2D eigenvalue weighted by atomic mass is 9.73. The summed E-state index contributed by atoms with van der Waals surface area (Å²) >= 11 is 0. The Balaban J connectivity index is 1.07. The van der Waals surface area contributed by atoms with Gasteiger partial charge in [0.1, 0.15) is 11.4 Å². The third-order valence-electron chi connectivity index (χ3n) is 11.0. The number of piperidine rings is 1. The Morgan fingerprint density at radius 3 is 2.65 bits per heavy atom. The van der Waals surface area contributed by atoms with Crippen LogP contribution in [0.1, 0.15) is 96.2 Å². The largest absolute Gasteiger partial charge is 0.444 e. The number of aryl methyl sites for hydroxylation is 1. The van der Waals surface area contributed by atoms with Crippen molar-refractivity contribution in [2.24, 2.45) is 5.41 Å². The Morgan fingerprint density at radius 2 is 1.90 bits per heavy atom. The summed E-state index contributed by atoms with van der Waals surface area (Å²) in [6.07, 6.45) is 8.97. The molecule has 0 radical (unpaired) electrons. The molecule has 5 aliphatic rings. The van der Waals surface area contributed by atoms with Crippen LogP contribution in [0.3, 0.4) is 0 Å². The zero-order chi connectivity index (χ0) is 33.8. The zero-order valence-electron chi connectivity index (χ0n) is 29.3. The SMILES string of the molecule is C[C@@H]1OCC2(CCN(c3cnc4c(N5CCCc6nc(C7CCOC7)ccc65)nn(C5CCCCO5)c4n3)CC2)[C@@H]1NC(=O)OC(C)(C)C. The number of amides is 1. The van der Waals surface area contributed by atoms with E-state index in [1.807, 2.05) is 38.6 Å². The highest BCUT2D eigenvalue weighted by molar-refractivity contribution is 5.88. The van der Waals surface area contributed by atoms with Gasteiger partial charge >= 0.3 is 6.09 Å². The van der Waals surface area contributed by atoms with E-state index >= 15 is 0 Å². The average molecular weight is 675 g/mol. The number of pyridine rings is 1.